The fourth-order valence-corrected chi connectivity index (χ4v) is 5.85. The first kappa shape index (κ1) is 18.5. The maximum absolute atomic E-state index is 5.43. The molecule has 2 unspecified atom stereocenters. The van der Waals surface area contributed by atoms with Crippen molar-refractivity contribution in [3.8, 4) is 0 Å². The Kier molecular flexibility index (Phi) is 6.18. The SMILES string of the molecule is C=C1CC[C@@H]2C(C)(C)CCC[C@@]2(C)[C@@H]1CC/C(C)=C\OPP. The fraction of sp³-hybridized carbons (Fsp3) is 0.789. The zero-order valence-corrected chi connectivity index (χ0v) is 17.0. The van der Waals surface area contributed by atoms with Crippen molar-refractivity contribution in [2.45, 2.75) is 72.6 Å². The van der Waals surface area contributed by atoms with Crippen LogP contribution in [0, 0.1) is 22.7 Å². The van der Waals surface area contributed by atoms with E-state index in [0.29, 0.717) is 25.2 Å². The van der Waals surface area contributed by atoms with E-state index in [0.717, 1.165) is 12.3 Å². The van der Waals surface area contributed by atoms with Crippen molar-refractivity contribution < 1.29 is 4.52 Å². The minimum absolute atomic E-state index is 0.459. The van der Waals surface area contributed by atoms with E-state index < -0.39 is 0 Å². The third-order valence-electron chi connectivity index (χ3n) is 6.47. The van der Waals surface area contributed by atoms with Crippen LogP contribution in [0.25, 0.3) is 0 Å². The summed E-state index contributed by atoms with van der Waals surface area (Å²) in [6.07, 6.45) is 11.1. The Hall–Kier alpha value is 0.140. The van der Waals surface area contributed by atoms with Gasteiger partial charge in [0.15, 0.2) is 0 Å². The van der Waals surface area contributed by atoms with Crippen molar-refractivity contribution in [2.75, 3.05) is 0 Å². The van der Waals surface area contributed by atoms with Gasteiger partial charge in [-0.1, -0.05) is 48.3 Å². The van der Waals surface area contributed by atoms with Crippen LogP contribution in [0.4, 0.5) is 0 Å². The molecule has 126 valence electrons. The van der Waals surface area contributed by atoms with Crippen LogP contribution >= 0.6 is 17.4 Å². The van der Waals surface area contributed by atoms with Gasteiger partial charge in [-0.15, -0.1) is 0 Å². The lowest BCUT2D eigenvalue weighted by atomic mass is 9.47. The average molecular weight is 340 g/mol. The Balaban J connectivity index is 2.12. The normalized spacial score (nSPS) is 35.7. The van der Waals surface area contributed by atoms with Crippen molar-refractivity contribution in [2.24, 2.45) is 22.7 Å². The Bertz CT molecular complexity index is 441. The van der Waals surface area contributed by atoms with E-state index in [2.05, 4.69) is 43.2 Å². The van der Waals surface area contributed by atoms with Gasteiger partial charge >= 0.3 is 0 Å². The highest BCUT2D eigenvalue weighted by Crippen LogP contribution is 2.61. The third-order valence-corrected chi connectivity index (χ3v) is 7.14. The van der Waals surface area contributed by atoms with E-state index in [1.54, 1.807) is 0 Å². The summed E-state index contributed by atoms with van der Waals surface area (Å²) in [5.74, 6) is 1.55. The summed E-state index contributed by atoms with van der Waals surface area (Å²) in [6.45, 7) is 14.2. The second-order valence-electron chi connectivity index (χ2n) is 8.39. The molecule has 2 saturated carbocycles. The van der Waals surface area contributed by atoms with Gasteiger partial charge < -0.3 is 4.52 Å². The Labute approximate surface area is 141 Å². The van der Waals surface area contributed by atoms with Crippen LogP contribution in [0.3, 0.4) is 0 Å². The van der Waals surface area contributed by atoms with E-state index in [-0.39, 0.29) is 0 Å². The number of fused-ring (bicyclic) bond motifs is 1. The van der Waals surface area contributed by atoms with E-state index in [9.17, 15) is 0 Å². The summed E-state index contributed by atoms with van der Waals surface area (Å²) in [5.41, 5.74) is 3.84. The minimum Gasteiger partial charge on any atom is -0.481 e. The molecular formula is C19H34OP2. The van der Waals surface area contributed by atoms with Crippen molar-refractivity contribution >= 4 is 17.4 Å². The highest BCUT2D eigenvalue weighted by atomic mass is 32.0. The van der Waals surface area contributed by atoms with Gasteiger partial charge in [0.1, 0.15) is 0 Å². The molecule has 5 atom stereocenters. The second-order valence-corrected chi connectivity index (χ2v) is 9.57. The maximum Gasteiger partial charge on any atom is 0.0893 e. The molecule has 0 bridgehead atoms. The molecule has 0 radical (unpaired) electrons. The zero-order valence-electron chi connectivity index (χ0n) is 14.9. The molecule has 0 aromatic rings. The smallest absolute Gasteiger partial charge is 0.0893 e. The predicted molar refractivity (Wildman–Crippen MR) is 103 cm³/mol. The topological polar surface area (TPSA) is 9.23 Å². The van der Waals surface area contributed by atoms with Gasteiger partial charge in [-0.25, -0.2) is 0 Å². The first-order chi connectivity index (χ1) is 10.3. The molecule has 0 N–H and O–H groups in total. The fourth-order valence-electron chi connectivity index (χ4n) is 5.37. The van der Waals surface area contributed by atoms with Gasteiger partial charge in [0.25, 0.3) is 0 Å². The summed E-state index contributed by atoms with van der Waals surface area (Å²) in [4.78, 5) is 0. The van der Waals surface area contributed by atoms with Crippen molar-refractivity contribution in [1.82, 2.24) is 0 Å². The molecule has 2 rings (SSSR count). The van der Waals surface area contributed by atoms with Crippen LogP contribution in [0.15, 0.2) is 24.0 Å². The number of hydrogen-bond donors (Lipinski definition) is 0. The van der Waals surface area contributed by atoms with Crippen LogP contribution in [-0.4, -0.2) is 0 Å². The summed E-state index contributed by atoms with van der Waals surface area (Å²) < 4.78 is 5.43. The molecule has 1 nitrogen and oxygen atoms in total. The van der Waals surface area contributed by atoms with Gasteiger partial charge in [0.2, 0.25) is 0 Å². The molecule has 3 heteroatoms. The maximum atomic E-state index is 5.43. The largest absolute Gasteiger partial charge is 0.481 e. The van der Waals surface area contributed by atoms with Crippen molar-refractivity contribution in [1.29, 1.82) is 0 Å². The Morgan fingerprint density at radius 2 is 2.14 bits per heavy atom. The molecule has 0 aliphatic heterocycles. The lowest BCUT2D eigenvalue weighted by Gasteiger charge is -2.58. The summed E-state index contributed by atoms with van der Waals surface area (Å²) >= 11 is 0. The van der Waals surface area contributed by atoms with E-state index in [1.165, 1.54) is 49.7 Å². The summed E-state index contributed by atoms with van der Waals surface area (Å²) in [7, 11) is 3.10. The number of hydrogen-bond acceptors (Lipinski definition) is 1. The van der Waals surface area contributed by atoms with Gasteiger partial charge in [0, 0.05) is 0 Å². The van der Waals surface area contributed by atoms with E-state index in [4.69, 9.17) is 4.52 Å². The van der Waals surface area contributed by atoms with Crippen molar-refractivity contribution in [3.05, 3.63) is 24.0 Å². The molecule has 0 amide bonds. The van der Waals surface area contributed by atoms with Crippen LogP contribution in [0.2, 0.25) is 0 Å². The lowest BCUT2D eigenvalue weighted by Crippen LogP contribution is -2.49. The molecule has 0 heterocycles. The molecule has 2 aliphatic rings. The monoisotopic (exact) mass is 340 g/mol. The van der Waals surface area contributed by atoms with Crippen LogP contribution < -0.4 is 0 Å². The number of allylic oxidation sites excluding steroid dienone is 2. The average Bonchev–Trinajstić information content (AvgIpc) is 2.43. The lowest BCUT2D eigenvalue weighted by molar-refractivity contribution is -0.0539. The van der Waals surface area contributed by atoms with E-state index >= 15 is 0 Å². The molecule has 0 aromatic carbocycles. The molecule has 2 fully saturated rings. The standard InChI is InChI=1S/C19H34OP2/c1-14(13-20-22-21)7-9-16-15(2)8-10-17-18(3,4)11-6-12-19(16,17)5/h13,16-17,22H,2,6-12,21H2,1,3-5H3/b14-13-/t16-,17-,19+/m1/s1. The third kappa shape index (κ3) is 3.79. The minimum atomic E-state index is 0.459. The molecule has 0 aromatic heterocycles. The van der Waals surface area contributed by atoms with Crippen molar-refractivity contribution in [3.63, 3.8) is 0 Å². The van der Waals surface area contributed by atoms with Crippen LogP contribution in [-0.2, 0) is 4.52 Å². The highest BCUT2D eigenvalue weighted by Gasteiger charge is 2.52. The predicted octanol–water partition coefficient (Wildman–Crippen LogP) is 6.87. The number of rotatable bonds is 5. The molecule has 2 aliphatic carbocycles. The summed E-state index contributed by atoms with van der Waals surface area (Å²) in [5, 5.41) is 0. The van der Waals surface area contributed by atoms with Gasteiger partial charge in [-0.3, -0.25) is 0 Å². The Morgan fingerprint density at radius 1 is 1.41 bits per heavy atom. The van der Waals surface area contributed by atoms with Crippen LogP contribution in [0.5, 0.6) is 0 Å². The molecule has 0 spiro atoms. The zero-order chi connectivity index (χ0) is 16.4. The van der Waals surface area contributed by atoms with E-state index in [1.807, 2.05) is 6.26 Å². The summed E-state index contributed by atoms with van der Waals surface area (Å²) in [6, 6.07) is 0. The van der Waals surface area contributed by atoms with Crippen LogP contribution in [0.1, 0.15) is 72.6 Å². The molecule has 0 saturated heterocycles. The van der Waals surface area contributed by atoms with Gasteiger partial charge in [-0.05, 0) is 73.7 Å². The first-order valence-corrected chi connectivity index (χ1v) is 11.5. The van der Waals surface area contributed by atoms with Gasteiger partial charge in [-0.2, -0.15) is 0 Å². The quantitative estimate of drug-likeness (QED) is 0.301. The second kappa shape index (κ2) is 7.36. The highest BCUT2D eigenvalue weighted by molar-refractivity contribution is 8.00. The molecule has 22 heavy (non-hydrogen) atoms. The first-order valence-electron chi connectivity index (χ1n) is 8.76. The Morgan fingerprint density at radius 3 is 2.82 bits per heavy atom. The van der Waals surface area contributed by atoms with Gasteiger partial charge in [0.05, 0.1) is 14.8 Å². The molecular weight excluding hydrogens is 306 g/mol.